The second-order valence-electron chi connectivity index (χ2n) is 4.79. The van der Waals surface area contributed by atoms with Gasteiger partial charge in [0.2, 0.25) is 0 Å². The topological polar surface area (TPSA) is 81.7 Å². The van der Waals surface area contributed by atoms with Gasteiger partial charge in [-0.05, 0) is 30.2 Å². The molecule has 1 N–H and O–H groups in total. The van der Waals surface area contributed by atoms with E-state index in [4.69, 9.17) is 0 Å². The summed E-state index contributed by atoms with van der Waals surface area (Å²) in [5.41, 5.74) is 0.694. The normalized spacial score (nSPS) is 11.7. The number of methoxy groups -OCH3 is 2. The van der Waals surface area contributed by atoms with E-state index in [9.17, 15) is 14.4 Å². The summed E-state index contributed by atoms with van der Waals surface area (Å²) in [4.78, 5) is 35.0. The van der Waals surface area contributed by atoms with Crippen LogP contribution in [0, 0.1) is 5.92 Å². The van der Waals surface area contributed by atoms with Gasteiger partial charge in [-0.25, -0.2) is 9.59 Å². The first kappa shape index (κ1) is 16.7. The Morgan fingerprint density at radius 1 is 0.952 bits per heavy atom. The maximum absolute atomic E-state index is 12.1. The van der Waals surface area contributed by atoms with Gasteiger partial charge in [0.15, 0.2) is 0 Å². The van der Waals surface area contributed by atoms with Gasteiger partial charge in [-0.15, -0.1) is 0 Å². The van der Waals surface area contributed by atoms with E-state index in [1.54, 1.807) is 0 Å². The molecule has 1 rings (SSSR count). The Morgan fingerprint density at radius 3 is 1.90 bits per heavy atom. The number of benzene rings is 1. The Morgan fingerprint density at radius 2 is 1.48 bits per heavy atom. The first-order valence-corrected chi connectivity index (χ1v) is 6.47. The quantitative estimate of drug-likeness (QED) is 0.830. The first-order chi connectivity index (χ1) is 9.90. The largest absolute Gasteiger partial charge is 0.467 e. The summed E-state index contributed by atoms with van der Waals surface area (Å²) in [7, 11) is 2.56. The predicted molar refractivity (Wildman–Crippen MR) is 75.9 cm³/mol. The van der Waals surface area contributed by atoms with E-state index in [2.05, 4.69) is 14.8 Å². The molecule has 0 heterocycles. The maximum Gasteiger partial charge on any atom is 0.337 e. The zero-order valence-corrected chi connectivity index (χ0v) is 12.5. The highest BCUT2D eigenvalue weighted by Crippen LogP contribution is 2.09. The van der Waals surface area contributed by atoms with Gasteiger partial charge >= 0.3 is 11.9 Å². The van der Waals surface area contributed by atoms with Gasteiger partial charge in [0, 0.05) is 5.56 Å². The molecule has 0 fully saturated rings. The van der Waals surface area contributed by atoms with Crippen LogP contribution in [0.4, 0.5) is 0 Å². The van der Waals surface area contributed by atoms with Crippen molar-refractivity contribution in [1.29, 1.82) is 0 Å². The molecule has 0 bridgehead atoms. The molecule has 0 aliphatic carbocycles. The second kappa shape index (κ2) is 7.42. The number of carbonyl (C=O) groups is 3. The molecule has 0 aliphatic rings. The Kier molecular flexibility index (Phi) is 5.90. The summed E-state index contributed by atoms with van der Waals surface area (Å²) < 4.78 is 9.24. The van der Waals surface area contributed by atoms with Crippen molar-refractivity contribution < 1.29 is 23.9 Å². The average molecular weight is 293 g/mol. The second-order valence-corrected chi connectivity index (χ2v) is 4.79. The van der Waals surface area contributed by atoms with Crippen LogP contribution in [-0.2, 0) is 14.3 Å². The fourth-order valence-corrected chi connectivity index (χ4v) is 1.72. The molecule has 0 saturated heterocycles. The van der Waals surface area contributed by atoms with Gasteiger partial charge < -0.3 is 14.8 Å². The van der Waals surface area contributed by atoms with Crippen molar-refractivity contribution in [2.24, 2.45) is 5.92 Å². The number of esters is 2. The minimum absolute atomic E-state index is 0.101. The van der Waals surface area contributed by atoms with Crippen molar-refractivity contribution in [2.75, 3.05) is 14.2 Å². The van der Waals surface area contributed by atoms with E-state index < -0.39 is 23.9 Å². The van der Waals surface area contributed by atoms with Gasteiger partial charge in [0.05, 0.1) is 19.8 Å². The lowest BCUT2D eigenvalue weighted by atomic mass is 10.0. The molecule has 0 saturated carbocycles. The number of ether oxygens (including phenoxy) is 2. The molecular weight excluding hydrogens is 274 g/mol. The average Bonchev–Trinajstić information content (AvgIpc) is 2.50. The Bertz CT molecular complexity index is 521. The van der Waals surface area contributed by atoms with Crippen LogP contribution in [-0.4, -0.2) is 38.1 Å². The number of carbonyl (C=O) groups excluding carboxylic acids is 3. The Labute approximate surface area is 123 Å². The van der Waals surface area contributed by atoms with E-state index in [-0.39, 0.29) is 5.92 Å². The molecule has 21 heavy (non-hydrogen) atoms. The number of rotatable bonds is 5. The van der Waals surface area contributed by atoms with Crippen LogP contribution in [0.2, 0.25) is 0 Å². The monoisotopic (exact) mass is 293 g/mol. The first-order valence-electron chi connectivity index (χ1n) is 6.47. The van der Waals surface area contributed by atoms with Crippen LogP contribution in [0.3, 0.4) is 0 Å². The zero-order valence-electron chi connectivity index (χ0n) is 12.5. The Hall–Kier alpha value is -2.37. The summed E-state index contributed by atoms with van der Waals surface area (Å²) in [6, 6.07) is 5.25. The number of amides is 1. The highest BCUT2D eigenvalue weighted by atomic mass is 16.5. The molecule has 1 aromatic rings. The van der Waals surface area contributed by atoms with Crippen molar-refractivity contribution in [2.45, 2.75) is 19.9 Å². The summed E-state index contributed by atoms with van der Waals surface area (Å²) in [6.07, 6.45) is 0. The van der Waals surface area contributed by atoms with E-state index in [1.807, 2.05) is 13.8 Å². The minimum Gasteiger partial charge on any atom is -0.467 e. The standard InChI is InChI=1S/C15H19NO5/c1-9(2)12(15(19)21-4)16-13(17)10-5-7-11(8-6-10)14(18)20-3/h5-9,12H,1-4H3,(H,16,17). The molecule has 1 unspecified atom stereocenters. The molecule has 1 aromatic carbocycles. The third kappa shape index (κ3) is 4.30. The SMILES string of the molecule is COC(=O)c1ccc(C(=O)NC(C(=O)OC)C(C)C)cc1. The fourth-order valence-electron chi connectivity index (χ4n) is 1.72. The molecule has 114 valence electrons. The summed E-state index contributed by atoms with van der Waals surface area (Å²) in [5, 5.41) is 2.62. The molecule has 0 aromatic heterocycles. The molecule has 0 spiro atoms. The lowest BCUT2D eigenvalue weighted by Crippen LogP contribution is -2.45. The van der Waals surface area contributed by atoms with Crippen molar-refractivity contribution in [3.8, 4) is 0 Å². The molecule has 0 aliphatic heterocycles. The van der Waals surface area contributed by atoms with Gasteiger partial charge in [-0.1, -0.05) is 13.8 Å². The van der Waals surface area contributed by atoms with Gasteiger partial charge in [0.25, 0.3) is 5.91 Å². The van der Waals surface area contributed by atoms with Crippen LogP contribution in [0.5, 0.6) is 0 Å². The lowest BCUT2D eigenvalue weighted by Gasteiger charge is -2.19. The summed E-state index contributed by atoms with van der Waals surface area (Å²) in [6.45, 7) is 3.62. The highest BCUT2D eigenvalue weighted by molar-refractivity contribution is 5.98. The molecular formula is C15H19NO5. The summed E-state index contributed by atoms with van der Waals surface area (Å²) >= 11 is 0. The smallest absolute Gasteiger partial charge is 0.337 e. The zero-order chi connectivity index (χ0) is 16.0. The maximum atomic E-state index is 12.1. The van der Waals surface area contributed by atoms with E-state index >= 15 is 0 Å². The molecule has 1 atom stereocenters. The molecule has 0 radical (unpaired) electrons. The molecule has 6 heteroatoms. The lowest BCUT2D eigenvalue weighted by molar-refractivity contribution is -0.144. The van der Waals surface area contributed by atoms with Crippen molar-refractivity contribution in [3.05, 3.63) is 35.4 Å². The van der Waals surface area contributed by atoms with Crippen LogP contribution in [0.25, 0.3) is 0 Å². The van der Waals surface area contributed by atoms with Gasteiger partial charge in [0.1, 0.15) is 6.04 Å². The van der Waals surface area contributed by atoms with Gasteiger partial charge in [-0.2, -0.15) is 0 Å². The van der Waals surface area contributed by atoms with Gasteiger partial charge in [-0.3, -0.25) is 4.79 Å². The number of nitrogens with one attached hydrogen (secondary N) is 1. The number of hydrogen-bond acceptors (Lipinski definition) is 5. The van der Waals surface area contributed by atoms with Crippen LogP contribution < -0.4 is 5.32 Å². The van der Waals surface area contributed by atoms with Crippen LogP contribution >= 0.6 is 0 Å². The van der Waals surface area contributed by atoms with E-state index in [0.717, 1.165) is 0 Å². The molecule has 6 nitrogen and oxygen atoms in total. The summed E-state index contributed by atoms with van der Waals surface area (Å²) in [5.74, 6) is -1.48. The predicted octanol–water partition coefficient (Wildman–Crippen LogP) is 1.40. The van der Waals surface area contributed by atoms with E-state index in [0.29, 0.717) is 11.1 Å². The fraction of sp³-hybridized carbons (Fsp3) is 0.400. The Balaban J connectivity index is 2.83. The van der Waals surface area contributed by atoms with Crippen molar-refractivity contribution in [3.63, 3.8) is 0 Å². The number of hydrogen-bond donors (Lipinski definition) is 1. The third-order valence-corrected chi connectivity index (χ3v) is 2.98. The third-order valence-electron chi connectivity index (χ3n) is 2.98. The molecule has 1 amide bonds. The highest BCUT2D eigenvalue weighted by Gasteiger charge is 2.25. The van der Waals surface area contributed by atoms with E-state index in [1.165, 1.54) is 38.5 Å². The van der Waals surface area contributed by atoms with Crippen molar-refractivity contribution in [1.82, 2.24) is 5.32 Å². The van der Waals surface area contributed by atoms with Crippen LogP contribution in [0.15, 0.2) is 24.3 Å². The van der Waals surface area contributed by atoms with Crippen LogP contribution in [0.1, 0.15) is 34.6 Å². The van der Waals surface area contributed by atoms with Crippen molar-refractivity contribution >= 4 is 17.8 Å². The minimum atomic E-state index is -0.720.